The number of aromatic nitrogens is 4. The maximum absolute atomic E-state index is 6.21. The highest BCUT2D eigenvalue weighted by molar-refractivity contribution is 5.86. The number of fused-ring (bicyclic) bond motifs is 1. The zero-order valence-corrected chi connectivity index (χ0v) is 17.0. The Morgan fingerprint density at radius 1 is 1.00 bits per heavy atom. The Morgan fingerprint density at radius 3 is 2.47 bits per heavy atom. The third-order valence-electron chi connectivity index (χ3n) is 6.07. The van der Waals surface area contributed by atoms with Crippen molar-refractivity contribution in [3.8, 4) is 0 Å². The van der Waals surface area contributed by atoms with Crippen LogP contribution in [0.15, 0.2) is 30.5 Å². The molecule has 1 aromatic carbocycles. The minimum Gasteiger partial charge on any atom is -0.383 e. The maximum Gasteiger partial charge on any atom is 0.231 e. The number of morpholine rings is 1. The summed E-state index contributed by atoms with van der Waals surface area (Å²) in [4.78, 5) is 11.5. The van der Waals surface area contributed by atoms with Gasteiger partial charge in [0.15, 0.2) is 5.65 Å². The monoisotopic (exact) mass is 408 g/mol. The van der Waals surface area contributed by atoms with Gasteiger partial charge in [-0.1, -0.05) is 0 Å². The number of anilines is 4. The van der Waals surface area contributed by atoms with Crippen LogP contribution in [0.5, 0.6) is 0 Å². The Balaban J connectivity index is 1.37. The summed E-state index contributed by atoms with van der Waals surface area (Å²) in [6, 6.07) is 8.87. The second-order valence-electron chi connectivity index (χ2n) is 8.10. The maximum atomic E-state index is 6.21. The number of hydrogen-bond donors (Lipinski definition) is 3. The van der Waals surface area contributed by atoms with Crippen molar-refractivity contribution < 1.29 is 4.74 Å². The molecule has 3 aromatic rings. The van der Waals surface area contributed by atoms with Gasteiger partial charge in [0.2, 0.25) is 5.95 Å². The summed E-state index contributed by atoms with van der Waals surface area (Å²) in [6.45, 7) is 3.37. The fourth-order valence-electron chi connectivity index (χ4n) is 4.32. The number of ether oxygens (including phenoxy) is 1. The van der Waals surface area contributed by atoms with Crippen LogP contribution in [-0.2, 0) is 4.74 Å². The van der Waals surface area contributed by atoms with Gasteiger partial charge in [-0.25, -0.2) is 4.68 Å². The van der Waals surface area contributed by atoms with E-state index >= 15 is 0 Å². The number of nitrogen functional groups attached to an aromatic ring is 1. The van der Waals surface area contributed by atoms with Gasteiger partial charge in [0.25, 0.3) is 0 Å². The molecule has 158 valence electrons. The molecule has 1 aliphatic carbocycles. The molecule has 9 heteroatoms. The van der Waals surface area contributed by atoms with Crippen LogP contribution in [0.4, 0.5) is 23.1 Å². The van der Waals surface area contributed by atoms with E-state index in [1.165, 1.54) is 5.69 Å². The van der Waals surface area contributed by atoms with Crippen LogP contribution < -0.4 is 21.7 Å². The third kappa shape index (κ3) is 3.78. The molecule has 2 fully saturated rings. The van der Waals surface area contributed by atoms with Gasteiger partial charge >= 0.3 is 0 Å². The first-order valence-electron chi connectivity index (χ1n) is 10.6. The highest BCUT2D eigenvalue weighted by Gasteiger charge is 2.23. The Kier molecular flexibility index (Phi) is 5.14. The lowest BCUT2D eigenvalue weighted by molar-refractivity contribution is 0.122. The molecule has 5 rings (SSSR count). The number of nitrogens with zero attached hydrogens (tertiary/aromatic N) is 5. The van der Waals surface area contributed by atoms with Gasteiger partial charge in [-0.15, -0.1) is 0 Å². The first-order valence-corrected chi connectivity index (χ1v) is 10.6. The molecular weight excluding hydrogens is 380 g/mol. The molecule has 30 heavy (non-hydrogen) atoms. The fraction of sp³-hybridized carbons (Fsp3) is 0.476. The number of rotatable bonds is 4. The molecule has 1 aliphatic heterocycles. The third-order valence-corrected chi connectivity index (χ3v) is 6.07. The van der Waals surface area contributed by atoms with Crippen LogP contribution >= 0.6 is 0 Å². The number of hydrogen-bond acceptors (Lipinski definition) is 8. The minimum absolute atomic E-state index is 0.292. The van der Waals surface area contributed by atoms with Gasteiger partial charge < -0.3 is 26.4 Å². The molecular formula is C21H28N8O. The molecule has 0 unspecified atom stereocenters. The molecule has 3 heterocycles. The van der Waals surface area contributed by atoms with Crippen molar-refractivity contribution in [3.05, 3.63) is 30.5 Å². The highest BCUT2D eigenvalue weighted by Crippen LogP contribution is 2.31. The number of benzene rings is 1. The zero-order chi connectivity index (χ0) is 20.5. The fourth-order valence-corrected chi connectivity index (χ4v) is 4.32. The Morgan fingerprint density at radius 2 is 1.73 bits per heavy atom. The molecule has 1 saturated heterocycles. The molecule has 2 aliphatic rings. The molecule has 0 atom stereocenters. The second kappa shape index (κ2) is 8.08. The van der Waals surface area contributed by atoms with E-state index in [-0.39, 0.29) is 0 Å². The lowest BCUT2D eigenvalue weighted by Gasteiger charge is -2.28. The summed E-state index contributed by atoms with van der Waals surface area (Å²) in [5.41, 5.74) is 15.2. The summed E-state index contributed by atoms with van der Waals surface area (Å²) in [5.74, 6) is 0.916. The van der Waals surface area contributed by atoms with Crippen LogP contribution in [0.25, 0.3) is 11.0 Å². The Labute approximate surface area is 175 Å². The average Bonchev–Trinajstić information content (AvgIpc) is 3.20. The molecule has 9 nitrogen and oxygen atoms in total. The first kappa shape index (κ1) is 19.1. The highest BCUT2D eigenvalue weighted by atomic mass is 16.5. The van der Waals surface area contributed by atoms with Crippen LogP contribution in [-0.4, -0.2) is 52.1 Å². The summed E-state index contributed by atoms with van der Waals surface area (Å²) < 4.78 is 7.42. The largest absolute Gasteiger partial charge is 0.383 e. The molecule has 1 saturated carbocycles. The van der Waals surface area contributed by atoms with E-state index < -0.39 is 0 Å². The normalized spacial score (nSPS) is 22.4. The van der Waals surface area contributed by atoms with Crippen molar-refractivity contribution in [1.29, 1.82) is 0 Å². The van der Waals surface area contributed by atoms with Crippen molar-refractivity contribution in [3.63, 3.8) is 0 Å². The molecule has 5 N–H and O–H groups in total. The van der Waals surface area contributed by atoms with E-state index in [0.717, 1.165) is 68.7 Å². The van der Waals surface area contributed by atoms with Crippen molar-refractivity contribution in [2.24, 2.45) is 5.73 Å². The quantitative estimate of drug-likeness (QED) is 0.602. The zero-order valence-electron chi connectivity index (χ0n) is 17.0. The van der Waals surface area contributed by atoms with Crippen molar-refractivity contribution in [1.82, 2.24) is 19.7 Å². The average molecular weight is 409 g/mol. The van der Waals surface area contributed by atoms with E-state index in [1.807, 2.05) is 16.8 Å². The predicted molar refractivity (Wildman–Crippen MR) is 118 cm³/mol. The molecule has 2 aromatic heterocycles. The molecule has 0 amide bonds. The van der Waals surface area contributed by atoms with Crippen LogP contribution in [0, 0.1) is 0 Å². The van der Waals surface area contributed by atoms with Gasteiger partial charge in [-0.05, 0) is 49.9 Å². The molecule has 0 spiro atoms. The van der Waals surface area contributed by atoms with Gasteiger partial charge in [0.1, 0.15) is 5.82 Å². The SMILES string of the molecule is Nc1nc(Nc2ccc(N3CCOCC3)cc2)nc2c1cnn2[C@H]1CC[C@@H](N)CC1. The van der Waals surface area contributed by atoms with Gasteiger partial charge in [-0.2, -0.15) is 15.1 Å². The molecule has 0 bridgehead atoms. The van der Waals surface area contributed by atoms with Crippen LogP contribution in [0.2, 0.25) is 0 Å². The predicted octanol–water partition coefficient (Wildman–Crippen LogP) is 2.43. The standard InChI is InChI=1S/C21H28N8O/c22-14-1-5-17(6-2-14)29-20-18(13-24-29)19(23)26-21(27-20)25-15-3-7-16(8-4-15)28-9-11-30-12-10-28/h3-4,7-8,13-14,17H,1-2,5-6,9-12,22H2,(H3,23,25,26,27)/t14-,17+. The lowest BCUT2D eigenvalue weighted by Crippen LogP contribution is -2.36. The van der Waals surface area contributed by atoms with Gasteiger partial charge in [0, 0.05) is 30.5 Å². The Bertz CT molecular complexity index is 1000. The van der Waals surface area contributed by atoms with E-state index in [1.54, 1.807) is 6.20 Å². The van der Waals surface area contributed by atoms with Crippen molar-refractivity contribution in [2.45, 2.75) is 37.8 Å². The van der Waals surface area contributed by atoms with E-state index in [2.05, 4.69) is 32.4 Å². The number of nitrogens with one attached hydrogen (secondary N) is 1. The van der Waals surface area contributed by atoms with Crippen molar-refractivity contribution in [2.75, 3.05) is 42.3 Å². The molecule has 0 radical (unpaired) electrons. The lowest BCUT2D eigenvalue weighted by atomic mass is 9.92. The Hall–Kier alpha value is -2.91. The van der Waals surface area contributed by atoms with Gasteiger partial charge in [0.05, 0.1) is 30.8 Å². The topological polar surface area (TPSA) is 120 Å². The van der Waals surface area contributed by atoms with Crippen molar-refractivity contribution >= 4 is 34.2 Å². The summed E-state index contributed by atoms with van der Waals surface area (Å²) in [7, 11) is 0. The van der Waals surface area contributed by atoms with Crippen LogP contribution in [0.1, 0.15) is 31.7 Å². The summed E-state index contributed by atoms with van der Waals surface area (Å²) >= 11 is 0. The smallest absolute Gasteiger partial charge is 0.231 e. The van der Waals surface area contributed by atoms with E-state index in [9.17, 15) is 0 Å². The summed E-state index contributed by atoms with van der Waals surface area (Å²) in [5, 5.41) is 8.64. The van der Waals surface area contributed by atoms with E-state index in [0.29, 0.717) is 23.8 Å². The second-order valence-corrected chi connectivity index (χ2v) is 8.10. The minimum atomic E-state index is 0.292. The van der Waals surface area contributed by atoms with Gasteiger partial charge in [-0.3, -0.25) is 0 Å². The van der Waals surface area contributed by atoms with E-state index in [4.69, 9.17) is 21.2 Å². The number of nitrogens with two attached hydrogens (primary N) is 2. The first-order chi connectivity index (χ1) is 14.7. The van der Waals surface area contributed by atoms with Crippen LogP contribution in [0.3, 0.4) is 0 Å². The summed E-state index contributed by atoms with van der Waals surface area (Å²) in [6.07, 6.45) is 5.79.